The predicted octanol–water partition coefficient (Wildman–Crippen LogP) is 2.84. The molecule has 56 valence electrons. The Labute approximate surface area is 67.3 Å². The zero-order valence-electron chi connectivity index (χ0n) is 6.59. The van der Waals surface area contributed by atoms with E-state index in [-0.39, 0.29) is 0 Å². The van der Waals surface area contributed by atoms with Crippen LogP contribution in [0.2, 0.25) is 0 Å². The Bertz CT molecular complexity index is 272. The lowest BCUT2D eigenvalue weighted by atomic mass is 9.72. The SMILES string of the molecule is C1=CC1C1=CC=C2CCC2C1. The van der Waals surface area contributed by atoms with E-state index in [4.69, 9.17) is 0 Å². The first-order valence-corrected chi connectivity index (χ1v) is 4.51. The molecule has 1 atom stereocenters. The Kier molecular flexibility index (Phi) is 0.993. The van der Waals surface area contributed by atoms with Crippen LogP contribution in [0.5, 0.6) is 0 Å². The number of hydrogen-bond donors (Lipinski definition) is 0. The Morgan fingerprint density at radius 3 is 2.45 bits per heavy atom. The highest BCUT2D eigenvalue weighted by Gasteiger charge is 2.29. The minimum atomic E-state index is 0.758. The van der Waals surface area contributed by atoms with Gasteiger partial charge >= 0.3 is 0 Å². The van der Waals surface area contributed by atoms with Crippen molar-refractivity contribution in [1.29, 1.82) is 0 Å². The molecular weight excluding hydrogens is 132 g/mol. The smallest absolute Gasteiger partial charge is 0.0161 e. The standard InChI is InChI=1S/C11H12/c1-2-8(1)10-5-3-9-4-6-11(9)7-10/h1-3,5,8,11H,4,6-7H2. The Balaban J connectivity index is 1.85. The van der Waals surface area contributed by atoms with Crippen LogP contribution < -0.4 is 0 Å². The van der Waals surface area contributed by atoms with Gasteiger partial charge in [0.25, 0.3) is 0 Å². The Morgan fingerprint density at radius 2 is 1.91 bits per heavy atom. The van der Waals surface area contributed by atoms with Crippen LogP contribution >= 0.6 is 0 Å². The number of hydrogen-bond acceptors (Lipinski definition) is 0. The summed E-state index contributed by atoms with van der Waals surface area (Å²) in [6.07, 6.45) is 13.4. The van der Waals surface area contributed by atoms with Gasteiger partial charge in [-0.3, -0.25) is 0 Å². The molecule has 0 spiro atoms. The molecule has 0 nitrogen and oxygen atoms in total. The topological polar surface area (TPSA) is 0 Å². The van der Waals surface area contributed by atoms with Crippen molar-refractivity contribution in [2.45, 2.75) is 19.3 Å². The molecule has 11 heavy (non-hydrogen) atoms. The molecule has 0 heteroatoms. The molecule has 1 fully saturated rings. The molecule has 3 aliphatic rings. The highest BCUT2D eigenvalue weighted by Crippen LogP contribution is 2.44. The normalized spacial score (nSPS) is 33.6. The molecule has 1 saturated carbocycles. The first-order valence-electron chi connectivity index (χ1n) is 4.51. The molecule has 0 amide bonds. The van der Waals surface area contributed by atoms with E-state index in [1.165, 1.54) is 19.3 Å². The molecule has 3 aliphatic carbocycles. The summed E-state index contributed by atoms with van der Waals surface area (Å²) in [7, 11) is 0. The van der Waals surface area contributed by atoms with Crippen molar-refractivity contribution in [2.24, 2.45) is 11.8 Å². The van der Waals surface area contributed by atoms with E-state index in [9.17, 15) is 0 Å². The van der Waals surface area contributed by atoms with Crippen LogP contribution in [0.15, 0.2) is 35.5 Å². The van der Waals surface area contributed by atoms with E-state index in [1.807, 2.05) is 0 Å². The lowest BCUT2D eigenvalue weighted by Crippen LogP contribution is -2.19. The fourth-order valence-corrected chi connectivity index (χ4v) is 2.08. The summed E-state index contributed by atoms with van der Waals surface area (Å²) in [5.41, 5.74) is 3.35. The van der Waals surface area contributed by atoms with Crippen LogP contribution in [0.1, 0.15) is 19.3 Å². The zero-order chi connectivity index (χ0) is 7.26. The van der Waals surface area contributed by atoms with Crippen LogP contribution in [-0.2, 0) is 0 Å². The van der Waals surface area contributed by atoms with Gasteiger partial charge in [-0.05, 0) is 25.2 Å². The molecular formula is C11H12. The molecule has 3 rings (SSSR count). The third-order valence-electron chi connectivity index (χ3n) is 3.11. The van der Waals surface area contributed by atoms with Gasteiger partial charge in [-0.25, -0.2) is 0 Å². The van der Waals surface area contributed by atoms with E-state index < -0.39 is 0 Å². The summed E-state index contributed by atoms with van der Waals surface area (Å²) in [5, 5.41) is 0. The van der Waals surface area contributed by atoms with Crippen molar-refractivity contribution in [2.75, 3.05) is 0 Å². The summed E-state index contributed by atoms with van der Waals surface area (Å²) >= 11 is 0. The molecule has 0 N–H and O–H groups in total. The van der Waals surface area contributed by atoms with Crippen LogP contribution in [0.3, 0.4) is 0 Å². The van der Waals surface area contributed by atoms with Crippen molar-refractivity contribution in [3.8, 4) is 0 Å². The van der Waals surface area contributed by atoms with Crippen LogP contribution in [-0.4, -0.2) is 0 Å². The van der Waals surface area contributed by atoms with Gasteiger partial charge in [-0.1, -0.05) is 35.5 Å². The van der Waals surface area contributed by atoms with Crippen molar-refractivity contribution in [1.82, 2.24) is 0 Å². The summed E-state index contributed by atoms with van der Waals surface area (Å²) in [5.74, 6) is 1.70. The Morgan fingerprint density at radius 1 is 1.09 bits per heavy atom. The molecule has 0 aliphatic heterocycles. The molecule has 0 aromatic heterocycles. The summed E-state index contributed by atoms with van der Waals surface area (Å²) in [6, 6.07) is 0. The van der Waals surface area contributed by atoms with E-state index in [1.54, 1.807) is 11.1 Å². The molecule has 0 bridgehead atoms. The fraction of sp³-hybridized carbons (Fsp3) is 0.455. The van der Waals surface area contributed by atoms with E-state index >= 15 is 0 Å². The second kappa shape index (κ2) is 1.88. The third kappa shape index (κ3) is 0.819. The minimum absolute atomic E-state index is 0.758. The fourth-order valence-electron chi connectivity index (χ4n) is 2.08. The highest BCUT2D eigenvalue weighted by molar-refractivity contribution is 5.39. The zero-order valence-corrected chi connectivity index (χ0v) is 6.59. The van der Waals surface area contributed by atoms with E-state index in [2.05, 4.69) is 24.3 Å². The van der Waals surface area contributed by atoms with Crippen molar-refractivity contribution < 1.29 is 0 Å². The molecule has 0 aromatic rings. The molecule has 0 aromatic carbocycles. The van der Waals surface area contributed by atoms with Crippen molar-refractivity contribution in [3.63, 3.8) is 0 Å². The average molecular weight is 144 g/mol. The second-order valence-corrected chi connectivity index (χ2v) is 3.83. The van der Waals surface area contributed by atoms with Gasteiger partial charge < -0.3 is 0 Å². The molecule has 0 radical (unpaired) electrons. The van der Waals surface area contributed by atoms with Gasteiger partial charge in [0.05, 0.1) is 0 Å². The molecule has 0 heterocycles. The van der Waals surface area contributed by atoms with Crippen LogP contribution in [0.4, 0.5) is 0 Å². The van der Waals surface area contributed by atoms with Gasteiger partial charge in [0.15, 0.2) is 0 Å². The number of fused-ring (bicyclic) bond motifs is 1. The van der Waals surface area contributed by atoms with Crippen LogP contribution in [0.25, 0.3) is 0 Å². The van der Waals surface area contributed by atoms with Crippen molar-refractivity contribution in [3.05, 3.63) is 35.5 Å². The highest BCUT2D eigenvalue weighted by atomic mass is 14.3. The van der Waals surface area contributed by atoms with Gasteiger partial charge in [0.1, 0.15) is 0 Å². The van der Waals surface area contributed by atoms with Gasteiger partial charge in [0.2, 0.25) is 0 Å². The monoisotopic (exact) mass is 144 g/mol. The molecule has 1 unspecified atom stereocenters. The lowest BCUT2D eigenvalue weighted by molar-refractivity contribution is 0.428. The summed E-state index contributed by atoms with van der Waals surface area (Å²) in [4.78, 5) is 0. The Hall–Kier alpha value is -0.780. The quantitative estimate of drug-likeness (QED) is 0.496. The van der Waals surface area contributed by atoms with E-state index in [0.717, 1.165) is 11.8 Å². The average Bonchev–Trinajstić information content (AvgIpc) is 2.74. The second-order valence-electron chi connectivity index (χ2n) is 3.83. The van der Waals surface area contributed by atoms with Gasteiger partial charge in [-0.15, -0.1) is 0 Å². The first kappa shape index (κ1) is 5.82. The maximum atomic E-state index is 2.35. The summed E-state index contributed by atoms with van der Waals surface area (Å²) in [6.45, 7) is 0. The van der Waals surface area contributed by atoms with Crippen molar-refractivity contribution >= 4 is 0 Å². The van der Waals surface area contributed by atoms with E-state index in [0.29, 0.717) is 0 Å². The van der Waals surface area contributed by atoms with Gasteiger partial charge in [-0.2, -0.15) is 0 Å². The van der Waals surface area contributed by atoms with Gasteiger partial charge in [0, 0.05) is 5.92 Å². The van der Waals surface area contributed by atoms with Crippen LogP contribution in [0, 0.1) is 11.8 Å². The molecule has 0 saturated heterocycles. The maximum absolute atomic E-state index is 2.35. The third-order valence-corrected chi connectivity index (χ3v) is 3.11. The maximum Gasteiger partial charge on any atom is 0.0161 e. The minimum Gasteiger partial charge on any atom is -0.0767 e. The largest absolute Gasteiger partial charge is 0.0767 e. The predicted molar refractivity (Wildman–Crippen MR) is 46.1 cm³/mol. The summed E-state index contributed by atoms with van der Waals surface area (Å²) < 4.78 is 0. The lowest BCUT2D eigenvalue weighted by Gasteiger charge is -2.33. The number of allylic oxidation sites excluding steroid dienone is 6. The first-order chi connectivity index (χ1) is 5.43. The number of rotatable bonds is 1.